The van der Waals surface area contributed by atoms with E-state index in [2.05, 4.69) is 5.32 Å². The quantitative estimate of drug-likeness (QED) is 0.867. The molecule has 5 nitrogen and oxygen atoms in total. The van der Waals surface area contributed by atoms with Crippen LogP contribution in [-0.2, 0) is 4.79 Å². The number of amides is 1. The molecule has 130 valence electrons. The van der Waals surface area contributed by atoms with Gasteiger partial charge in [-0.2, -0.15) is 0 Å². The first-order valence-electron chi connectivity index (χ1n) is 8.04. The van der Waals surface area contributed by atoms with Gasteiger partial charge in [0.2, 0.25) is 5.91 Å². The van der Waals surface area contributed by atoms with Crippen LogP contribution in [0.3, 0.4) is 0 Å². The maximum Gasteiger partial charge on any atom is 0.243 e. The van der Waals surface area contributed by atoms with Gasteiger partial charge in [-0.1, -0.05) is 0 Å². The molecule has 1 N–H and O–H groups in total. The van der Waals surface area contributed by atoms with Crippen molar-refractivity contribution in [3.05, 3.63) is 53.8 Å². The molecule has 3 rings (SSSR count). The monoisotopic (exact) mass is 342 g/mol. The number of nitrogens with zero attached hydrogens (tertiary/aromatic N) is 1. The summed E-state index contributed by atoms with van der Waals surface area (Å²) in [4.78, 5) is 25.9. The van der Waals surface area contributed by atoms with Crippen molar-refractivity contribution in [1.82, 2.24) is 0 Å². The fraction of sp³-hybridized carbons (Fsp3) is 0.263. The molecule has 0 radical (unpaired) electrons. The standard InChI is InChI=1S/C19H19FN2O3/c1-12-10-22(11-19(24)21-16-6-4-15(20)5-7-16)17-9-14(13(2)23)3-8-18(17)25-12/h3-9,12H,10-11H2,1-2H3,(H,21,24). The summed E-state index contributed by atoms with van der Waals surface area (Å²) in [7, 11) is 0. The third-order valence-corrected chi connectivity index (χ3v) is 3.97. The molecule has 0 saturated heterocycles. The predicted molar refractivity (Wildman–Crippen MR) is 93.8 cm³/mol. The highest BCUT2D eigenvalue weighted by molar-refractivity contribution is 5.97. The van der Waals surface area contributed by atoms with E-state index in [1.165, 1.54) is 31.2 Å². The zero-order chi connectivity index (χ0) is 18.0. The number of ketones is 1. The molecule has 2 aromatic rings. The van der Waals surface area contributed by atoms with Crippen LogP contribution in [0.2, 0.25) is 0 Å². The van der Waals surface area contributed by atoms with Crippen molar-refractivity contribution in [2.75, 3.05) is 23.3 Å². The van der Waals surface area contributed by atoms with Crippen LogP contribution in [0.1, 0.15) is 24.2 Å². The normalized spacial score (nSPS) is 16.0. The Labute approximate surface area is 145 Å². The van der Waals surface area contributed by atoms with Gasteiger partial charge in [-0.05, 0) is 56.3 Å². The predicted octanol–water partition coefficient (Wildman–Crippen LogP) is 3.25. The average molecular weight is 342 g/mol. The van der Waals surface area contributed by atoms with E-state index < -0.39 is 0 Å². The second kappa shape index (κ2) is 6.93. The Morgan fingerprint density at radius 1 is 1.24 bits per heavy atom. The summed E-state index contributed by atoms with van der Waals surface area (Å²) in [6.45, 7) is 4.07. The van der Waals surface area contributed by atoms with Crippen LogP contribution in [0.15, 0.2) is 42.5 Å². The van der Waals surface area contributed by atoms with Crippen LogP contribution in [0.4, 0.5) is 15.8 Å². The Morgan fingerprint density at radius 3 is 2.64 bits per heavy atom. The molecule has 1 atom stereocenters. The first-order valence-corrected chi connectivity index (χ1v) is 8.04. The summed E-state index contributed by atoms with van der Waals surface area (Å²) in [6, 6.07) is 10.8. The number of carbonyl (C=O) groups is 2. The van der Waals surface area contributed by atoms with Gasteiger partial charge in [0.1, 0.15) is 17.7 Å². The zero-order valence-corrected chi connectivity index (χ0v) is 14.1. The topological polar surface area (TPSA) is 58.6 Å². The summed E-state index contributed by atoms with van der Waals surface area (Å²) in [5.74, 6) is 0.0287. The molecule has 0 aromatic heterocycles. The molecule has 0 saturated carbocycles. The molecule has 1 aliphatic heterocycles. The molecule has 0 aliphatic carbocycles. The minimum Gasteiger partial charge on any atom is -0.487 e. The highest BCUT2D eigenvalue weighted by Gasteiger charge is 2.25. The third-order valence-electron chi connectivity index (χ3n) is 3.97. The largest absolute Gasteiger partial charge is 0.487 e. The Balaban J connectivity index is 1.78. The van der Waals surface area contributed by atoms with Crippen molar-refractivity contribution < 1.29 is 18.7 Å². The Kier molecular flexibility index (Phi) is 4.70. The van der Waals surface area contributed by atoms with Gasteiger partial charge in [-0.15, -0.1) is 0 Å². The summed E-state index contributed by atoms with van der Waals surface area (Å²) in [5, 5.41) is 2.74. The van der Waals surface area contributed by atoms with Crippen LogP contribution >= 0.6 is 0 Å². The van der Waals surface area contributed by atoms with E-state index in [9.17, 15) is 14.0 Å². The molecule has 1 heterocycles. The summed E-state index contributed by atoms with van der Waals surface area (Å²) >= 11 is 0. The van der Waals surface area contributed by atoms with Crippen molar-refractivity contribution in [3.63, 3.8) is 0 Å². The summed E-state index contributed by atoms with van der Waals surface area (Å²) in [5.41, 5.74) is 1.83. The van der Waals surface area contributed by atoms with E-state index in [4.69, 9.17) is 4.74 Å². The number of hydrogen-bond donors (Lipinski definition) is 1. The molecule has 0 fully saturated rings. The second-order valence-electron chi connectivity index (χ2n) is 6.10. The van der Waals surface area contributed by atoms with Gasteiger partial charge in [-0.3, -0.25) is 9.59 Å². The minimum absolute atomic E-state index is 0.0443. The van der Waals surface area contributed by atoms with E-state index in [1.54, 1.807) is 18.2 Å². The molecule has 2 aromatic carbocycles. The van der Waals surface area contributed by atoms with Crippen molar-refractivity contribution >= 4 is 23.1 Å². The SMILES string of the molecule is CC(=O)c1ccc2c(c1)N(CC(=O)Nc1ccc(F)cc1)CC(C)O2. The first kappa shape index (κ1) is 17.0. The number of benzene rings is 2. The number of Topliss-reactive ketones (excluding diaryl/α,β-unsaturated/α-hetero) is 1. The van der Waals surface area contributed by atoms with E-state index >= 15 is 0 Å². The van der Waals surface area contributed by atoms with Gasteiger partial charge < -0.3 is 15.0 Å². The Hall–Kier alpha value is -2.89. The van der Waals surface area contributed by atoms with E-state index in [1.807, 2.05) is 11.8 Å². The van der Waals surface area contributed by atoms with Crippen LogP contribution in [-0.4, -0.2) is 30.9 Å². The van der Waals surface area contributed by atoms with Crippen molar-refractivity contribution in [3.8, 4) is 5.75 Å². The number of ether oxygens (including phenoxy) is 1. The number of fused-ring (bicyclic) bond motifs is 1. The fourth-order valence-electron chi connectivity index (χ4n) is 2.80. The maximum atomic E-state index is 12.9. The molecule has 25 heavy (non-hydrogen) atoms. The molecule has 1 amide bonds. The van der Waals surface area contributed by atoms with Gasteiger partial charge in [0.25, 0.3) is 0 Å². The van der Waals surface area contributed by atoms with Gasteiger partial charge in [0.15, 0.2) is 5.78 Å². The number of nitrogens with one attached hydrogen (secondary N) is 1. The first-order chi connectivity index (χ1) is 11.9. The summed E-state index contributed by atoms with van der Waals surface area (Å²) in [6.07, 6.45) is -0.0747. The number of hydrogen-bond acceptors (Lipinski definition) is 4. The molecular formula is C19H19FN2O3. The fourth-order valence-corrected chi connectivity index (χ4v) is 2.80. The lowest BCUT2D eigenvalue weighted by Crippen LogP contribution is -2.42. The average Bonchev–Trinajstić information content (AvgIpc) is 2.56. The van der Waals surface area contributed by atoms with Gasteiger partial charge in [0.05, 0.1) is 18.8 Å². The second-order valence-corrected chi connectivity index (χ2v) is 6.10. The van der Waals surface area contributed by atoms with Gasteiger partial charge in [0, 0.05) is 11.3 Å². The van der Waals surface area contributed by atoms with E-state index in [-0.39, 0.29) is 30.2 Å². The number of rotatable bonds is 4. The van der Waals surface area contributed by atoms with Crippen LogP contribution in [0, 0.1) is 5.82 Å². The van der Waals surface area contributed by atoms with Crippen molar-refractivity contribution in [1.29, 1.82) is 0 Å². The minimum atomic E-state index is -0.356. The van der Waals surface area contributed by atoms with Crippen LogP contribution in [0.5, 0.6) is 5.75 Å². The third kappa shape index (κ3) is 3.96. The van der Waals surface area contributed by atoms with Crippen LogP contribution < -0.4 is 15.0 Å². The van der Waals surface area contributed by atoms with Gasteiger partial charge >= 0.3 is 0 Å². The van der Waals surface area contributed by atoms with Crippen LogP contribution in [0.25, 0.3) is 0 Å². The molecule has 1 unspecified atom stereocenters. The lowest BCUT2D eigenvalue weighted by Gasteiger charge is -2.34. The van der Waals surface area contributed by atoms with Crippen molar-refractivity contribution in [2.24, 2.45) is 0 Å². The van der Waals surface area contributed by atoms with Crippen molar-refractivity contribution in [2.45, 2.75) is 20.0 Å². The molecule has 1 aliphatic rings. The number of carbonyl (C=O) groups excluding carboxylic acids is 2. The molecule has 0 bridgehead atoms. The number of halogens is 1. The lowest BCUT2D eigenvalue weighted by atomic mass is 10.1. The van der Waals surface area contributed by atoms with Gasteiger partial charge in [-0.25, -0.2) is 4.39 Å². The Morgan fingerprint density at radius 2 is 1.96 bits per heavy atom. The molecular weight excluding hydrogens is 323 g/mol. The van der Waals surface area contributed by atoms with E-state index in [0.29, 0.717) is 23.5 Å². The Bertz CT molecular complexity index is 805. The maximum absolute atomic E-state index is 12.9. The zero-order valence-electron chi connectivity index (χ0n) is 14.1. The molecule has 0 spiro atoms. The number of anilines is 2. The summed E-state index contributed by atoms with van der Waals surface area (Å²) < 4.78 is 18.7. The highest BCUT2D eigenvalue weighted by atomic mass is 19.1. The highest BCUT2D eigenvalue weighted by Crippen LogP contribution is 2.34. The lowest BCUT2D eigenvalue weighted by molar-refractivity contribution is -0.115. The molecule has 6 heteroatoms. The van der Waals surface area contributed by atoms with E-state index in [0.717, 1.165) is 5.69 Å². The smallest absolute Gasteiger partial charge is 0.243 e.